The molecule has 1 unspecified atom stereocenters. The molecule has 6 heteroatoms. The van der Waals surface area contributed by atoms with E-state index in [1.54, 1.807) is 12.1 Å². The molecule has 1 N–H and O–H groups in total. The number of benzene rings is 1. The number of thiophene rings is 1. The van der Waals surface area contributed by atoms with Crippen LogP contribution in [0.1, 0.15) is 16.5 Å². The first-order chi connectivity index (χ1) is 8.52. The highest BCUT2D eigenvalue weighted by atomic mass is 79.9. The SMILES string of the molecule is CNC(c1ccc(F)c(Cl)c1)c1cc(Cl)c(Br)s1. The highest BCUT2D eigenvalue weighted by Gasteiger charge is 2.17. The molecule has 1 nitrogen and oxygen atoms in total. The van der Waals surface area contributed by atoms with Gasteiger partial charge in [-0.05, 0) is 46.7 Å². The molecule has 1 aromatic carbocycles. The van der Waals surface area contributed by atoms with Gasteiger partial charge in [-0.15, -0.1) is 11.3 Å². The van der Waals surface area contributed by atoms with Gasteiger partial charge in [0.25, 0.3) is 0 Å². The minimum atomic E-state index is -0.416. The molecule has 0 bridgehead atoms. The lowest BCUT2D eigenvalue weighted by atomic mass is 10.1. The van der Waals surface area contributed by atoms with Gasteiger partial charge in [-0.3, -0.25) is 0 Å². The zero-order chi connectivity index (χ0) is 13.3. The minimum absolute atomic E-state index is 0.0584. The number of hydrogen-bond donors (Lipinski definition) is 1. The monoisotopic (exact) mass is 367 g/mol. The molecule has 0 aliphatic carbocycles. The molecular weight excluding hydrogens is 360 g/mol. The lowest BCUT2D eigenvalue weighted by molar-refractivity contribution is 0.624. The summed E-state index contributed by atoms with van der Waals surface area (Å²) >= 11 is 16.8. The molecule has 0 saturated heterocycles. The van der Waals surface area contributed by atoms with Gasteiger partial charge in [-0.25, -0.2) is 4.39 Å². The largest absolute Gasteiger partial charge is 0.309 e. The number of hydrogen-bond acceptors (Lipinski definition) is 2. The Balaban J connectivity index is 2.41. The van der Waals surface area contributed by atoms with Crippen LogP contribution in [0.5, 0.6) is 0 Å². The summed E-state index contributed by atoms with van der Waals surface area (Å²) < 4.78 is 14.0. The zero-order valence-corrected chi connectivity index (χ0v) is 13.2. The van der Waals surface area contributed by atoms with Gasteiger partial charge >= 0.3 is 0 Å². The van der Waals surface area contributed by atoms with Gasteiger partial charge in [0.05, 0.1) is 19.9 Å². The van der Waals surface area contributed by atoms with E-state index in [-0.39, 0.29) is 11.1 Å². The van der Waals surface area contributed by atoms with Crippen molar-refractivity contribution in [2.75, 3.05) is 7.05 Å². The summed E-state index contributed by atoms with van der Waals surface area (Å²) in [4.78, 5) is 1.04. The summed E-state index contributed by atoms with van der Waals surface area (Å²) in [7, 11) is 1.84. The highest BCUT2D eigenvalue weighted by Crippen LogP contribution is 2.37. The zero-order valence-electron chi connectivity index (χ0n) is 9.31. The van der Waals surface area contributed by atoms with Gasteiger partial charge in [0.15, 0.2) is 0 Å². The van der Waals surface area contributed by atoms with Crippen molar-refractivity contribution in [2.24, 2.45) is 0 Å². The molecule has 0 amide bonds. The lowest BCUT2D eigenvalue weighted by Gasteiger charge is -2.15. The van der Waals surface area contributed by atoms with Crippen LogP contribution in [-0.2, 0) is 0 Å². The van der Waals surface area contributed by atoms with E-state index in [4.69, 9.17) is 23.2 Å². The molecule has 0 spiro atoms. The maximum atomic E-state index is 13.2. The lowest BCUT2D eigenvalue weighted by Crippen LogP contribution is -2.16. The average molecular weight is 369 g/mol. The molecule has 2 rings (SSSR count). The van der Waals surface area contributed by atoms with Crippen LogP contribution in [-0.4, -0.2) is 7.05 Å². The Bertz CT molecular complexity index is 554. The number of nitrogens with one attached hydrogen (secondary N) is 1. The van der Waals surface area contributed by atoms with E-state index in [0.717, 1.165) is 14.2 Å². The first kappa shape index (κ1) is 14.3. The number of rotatable bonds is 3. The Morgan fingerprint density at radius 3 is 2.50 bits per heavy atom. The molecule has 0 aliphatic heterocycles. The van der Waals surface area contributed by atoms with Crippen molar-refractivity contribution in [3.05, 3.63) is 54.4 Å². The second-order valence-corrected chi connectivity index (χ2v) is 6.88. The Kier molecular flexibility index (Phi) is 4.67. The van der Waals surface area contributed by atoms with Gasteiger partial charge in [0.1, 0.15) is 5.82 Å². The third-order valence-electron chi connectivity index (χ3n) is 2.51. The Labute approximate surface area is 127 Å². The van der Waals surface area contributed by atoms with E-state index in [1.165, 1.54) is 17.4 Å². The molecule has 2 aromatic rings. The van der Waals surface area contributed by atoms with E-state index < -0.39 is 5.82 Å². The van der Waals surface area contributed by atoms with E-state index in [0.29, 0.717) is 5.02 Å². The van der Waals surface area contributed by atoms with Crippen LogP contribution in [0.4, 0.5) is 4.39 Å². The smallest absolute Gasteiger partial charge is 0.141 e. The molecule has 1 atom stereocenters. The van der Waals surface area contributed by atoms with Crippen molar-refractivity contribution in [3.63, 3.8) is 0 Å². The van der Waals surface area contributed by atoms with Gasteiger partial charge < -0.3 is 5.32 Å². The predicted molar refractivity (Wildman–Crippen MR) is 79.3 cm³/mol. The van der Waals surface area contributed by atoms with Crippen LogP contribution in [0.3, 0.4) is 0 Å². The number of halogens is 4. The molecule has 0 aliphatic rings. The van der Waals surface area contributed by atoms with Crippen LogP contribution in [0.25, 0.3) is 0 Å². The first-order valence-corrected chi connectivity index (χ1v) is 7.46. The van der Waals surface area contributed by atoms with Crippen LogP contribution in [0.15, 0.2) is 28.1 Å². The normalized spacial score (nSPS) is 12.7. The quantitative estimate of drug-likeness (QED) is 0.778. The molecule has 0 fully saturated rings. The molecule has 96 valence electrons. The van der Waals surface area contributed by atoms with Crippen LogP contribution >= 0.6 is 50.5 Å². The predicted octanol–water partition coefficient (Wildman–Crippen LogP) is 5.27. The fourth-order valence-corrected chi connectivity index (χ4v) is 3.74. The van der Waals surface area contributed by atoms with Crippen molar-refractivity contribution in [1.29, 1.82) is 0 Å². The average Bonchev–Trinajstić information content (AvgIpc) is 2.65. The Morgan fingerprint density at radius 1 is 1.28 bits per heavy atom. The standard InChI is InChI=1S/C12H9BrCl2FNS/c1-17-11(10-5-8(15)12(13)18-10)6-2-3-9(16)7(14)4-6/h2-5,11,17H,1H3. The van der Waals surface area contributed by atoms with E-state index in [1.807, 2.05) is 13.1 Å². The van der Waals surface area contributed by atoms with Gasteiger partial charge in [-0.1, -0.05) is 29.3 Å². The maximum absolute atomic E-state index is 13.2. The van der Waals surface area contributed by atoms with Crippen LogP contribution in [0.2, 0.25) is 10.0 Å². The molecule has 1 aromatic heterocycles. The third-order valence-corrected chi connectivity index (χ3v) is 5.34. The molecule has 0 radical (unpaired) electrons. The second-order valence-electron chi connectivity index (χ2n) is 3.67. The van der Waals surface area contributed by atoms with Crippen LogP contribution in [0, 0.1) is 5.82 Å². The molecule has 1 heterocycles. The van der Waals surface area contributed by atoms with Crippen molar-refractivity contribution in [2.45, 2.75) is 6.04 Å². The summed E-state index contributed by atoms with van der Waals surface area (Å²) in [6.07, 6.45) is 0. The summed E-state index contributed by atoms with van der Waals surface area (Å²) in [6.45, 7) is 0. The van der Waals surface area contributed by atoms with Crippen molar-refractivity contribution < 1.29 is 4.39 Å². The van der Waals surface area contributed by atoms with Crippen molar-refractivity contribution in [1.82, 2.24) is 5.32 Å². The molecule has 0 saturated carbocycles. The van der Waals surface area contributed by atoms with E-state index in [2.05, 4.69) is 21.2 Å². The van der Waals surface area contributed by atoms with Crippen LogP contribution < -0.4 is 5.32 Å². The van der Waals surface area contributed by atoms with Gasteiger partial charge in [0, 0.05) is 4.88 Å². The molecular formula is C12H9BrCl2FNS. The highest BCUT2D eigenvalue weighted by molar-refractivity contribution is 9.11. The minimum Gasteiger partial charge on any atom is -0.309 e. The molecule has 18 heavy (non-hydrogen) atoms. The third kappa shape index (κ3) is 2.89. The van der Waals surface area contributed by atoms with E-state index in [9.17, 15) is 4.39 Å². The second kappa shape index (κ2) is 5.88. The summed E-state index contributed by atoms with van der Waals surface area (Å²) in [5.41, 5.74) is 0.898. The van der Waals surface area contributed by atoms with Crippen molar-refractivity contribution in [3.8, 4) is 0 Å². The Morgan fingerprint density at radius 2 is 2.00 bits per heavy atom. The summed E-state index contributed by atoms with van der Waals surface area (Å²) in [6, 6.07) is 6.53. The van der Waals surface area contributed by atoms with Crippen molar-refractivity contribution >= 4 is 50.5 Å². The van der Waals surface area contributed by atoms with E-state index >= 15 is 0 Å². The fourth-order valence-electron chi connectivity index (χ4n) is 1.67. The Hall–Kier alpha value is -0.130. The maximum Gasteiger partial charge on any atom is 0.141 e. The summed E-state index contributed by atoms with van der Waals surface area (Å²) in [5, 5.41) is 3.96. The fraction of sp³-hybridized carbons (Fsp3) is 0.167. The van der Waals surface area contributed by atoms with Gasteiger partial charge in [-0.2, -0.15) is 0 Å². The topological polar surface area (TPSA) is 12.0 Å². The van der Waals surface area contributed by atoms with Gasteiger partial charge in [0.2, 0.25) is 0 Å². The summed E-state index contributed by atoms with van der Waals surface area (Å²) in [5.74, 6) is -0.416. The first-order valence-electron chi connectivity index (χ1n) is 5.10.